The molecule has 140 valence electrons. The van der Waals surface area contributed by atoms with Gasteiger partial charge >= 0.3 is 0 Å². The molecule has 0 spiro atoms. The standard InChI is InChI=1S/C18H16N2O5S2/c1-12-6-7-14(26(2,22)23)10-16(12)18(21)20-27(24,25)17-5-3-4-13-11-19-9-8-15(13)17/h3-11H,1-2H3,(H,20,21). The van der Waals surface area contributed by atoms with Crippen LogP contribution in [0.3, 0.4) is 0 Å². The zero-order valence-corrected chi connectivity index (χ0v) is 16.1. The quantitative estimate of drug-likeness (QED) is 0.713. The Morgan fingerprint density at radius 1 is 1.04 bits per heavy atom. The molecule has 7 nitrogen and oxygen atoms in total. The Hall–Kier alpha value is -2.78. The predicted octanol–water partition coefficient (Wildman–Crippen LogP) is 2.07. The van der Waals surface area contributed by atoms with Crippen LogP contribution in [-0.4, -0.2) is 34.0 Å². The molecule has 1 N–H and O–H groups in total. The number of aromatic nitrogens is 1. The van der Waals surface area contributed by atoms with E-state index >= 15 is 0 Å². The van der Waals surface area contributed by atoms with Crippen molar-refractivity contribution in [1.29, 1.82) is 0 Å². The molecule has 0 atom stereocenters. The number of benzene rings is 2. The molecule has 0 fully saturated rings. The first-order valence-electron chi connectivity index (χ1n) is 7.80. The Bertz CT molecular complexity index is 1260. The predicted molar refractivity (Wildman–Crippen MR) is 101 cm³/mol. The van der Waals surface area contributed by atoms with E-state index in [4.69, 9.17) is 0 Å². The number of nitrogens with zero attached hydrogens (tertiary/aromatic N) is 1. The van der Waals surface area contributed by atoms with Gasteiger partial charge in [0.15, 0.2) is 9.84 Å². The second kappa shape index (κ2) is 6.75. The van der Waals surface area contributed by atoms with E-state index in [0.29, 0.717) is 16.3 Å². The van der Waals surface area contributed by atoms with E-state index < -0.39 is 25.8 Å². The highest BCUT2D eigenvalue weighted by Crippen LogP contribution is 2.22. The van der Waals surface area contributed by atoms with Crippen molar-refractivity contribution in [2.75, 3.05) is 6.26 Å². The minimum absolute atomic E-state index is 0.0246. The summed E-state index contributed by atoms with van der Waals surface area (Å²) in [5.74, 6) is -0.899. The fraction of sp³-hybridized carbons (Fsp3) is 0.111. The monoisotopic (exact) mass is 404 g/mol. The van der Waals surface area contributed by atoms with Gasteiger partial charge < -0.3 is 0 Å². The van der Waals surface area contributed by atoms with Gasteiger partial charge in [0.05, 0.1) is 9.79 Å². The lowest BCUT2D eigenvalue weighted by molar-refractivity contribution is 0.0980. The minimum Gasteiger partial charge on any atom is -0.268 e. The number of sulfone groups is 1. The number of nitrogens with one attached hydrogen (secondary N) is 1. The molecule has 2 aromatic carbocycles. The molecule has 27 heavy (non-hydrogen) atoms. The summed E-state index contributed by atoms with van der Waals surface area (Å²) < 4.78 is 51.0. The number of sulfonamides is 1. The first-order valence-corrected chi connectivity index (χ1v) is 11.2. The Labute approximate surface area is 157 Å². The van der Waals surface area contributed by atoms with Crippen molar-refractivity contribution in [3.63, 3.8) is 0 Å². The summed E-state index contributed by atoms with van der Waals surface area (Å²) in [6, 6.07) is 10.2. The van der Waals surface area contributed by atoms with Crippen molar-refractivity contribution in [3.05, 3.63) is 66.0 Å². The van der Waals surface area contributed by atoms with Crippen LogP contribution in [0.2, 0.25) is 0 Å². The minimum atomic E-state index is -4.18. The Kier molecular flexibility index (Phi) is 4.75. The van der Waals surface area contributed by atoms with Crippen LogP contribution in [-0.2, 0) is 19.9 Å². The van der Waals surface area contributed by atoms with E-state index in [1.165, 1.54) is 36.7 Å². The van der Waals surface area contributed by atoms with E-state index in [-0.39, 0.29) is 15.4 Å². The van der Waals surface area contributed by atoms with Crippen LogP contribution in [0.15, 0.2) is 64.6 Å². The van der Waals surface area contributed by atoms with Gasteiger partial charge in [0.2, 0.25) is 0 Å². The van der Waals surface area contributed by atoms with Gasteiger partial charge in [0.1, 0.15) is 0 Å². The van der Waals surface area contributed by atoms with Crippen molar-refractivity contribution in [3.8, 4) is 0 Å². The summed E-state index contributed by atoms with van der Waals surface area (Å²) in [4.78, 5) is 16.4. The maximum atomic E-state index is 12.8. The molecule has 9 heteroatoms. The zero-order valence-electron chi connectivity index (χ0n) is 14.5. The third-order valence-corrected chi connectivity index (χ3v) is 6.54. The normalized spacial score (nSPS) is 12.1. The zero-order chi connectivity index (χ0) is 19.8. The van der Waals surface area contributed by atoms with E-state index in [1.54, 1.807) is 25.1 Å². The van der Waals surface area contributed by atoms with E-state index in [2.05, 4.69) is 4.98 Å². The number of hydrogen-bond donors (Lipinski definition) is 1. The molecule has 0 unspecified atom stereocenters. The van der Waals surface area contributed by atoms with Crippen LogP contribution < -0.4 is 4.72 Å². The summed E-state index contributed by atoms with van der Waals surface area (Å²) in [7, 11) is -7.71. The summed E-state index contributed by atoms with van der Waals surface area (Å²) in [5.41, 5.74) is 0.431. The van der Waals surface area contributed by atoms with Gasteiger partial charge in [-0.15, -0.1) is 0 Å². The third-order valence-electron chi connectivity index (χ3n) is 4.04. The largest absolute Gasteiger partial charge is 0.268 e. The smallest absolute Gasteiger partial charge is 0.265 e. The SMILES string of the molecule is Cc1ccc(S(C)(=O)=O)cc1C(=O)NS(=O)(=O)c1cccc2cnccc12. The van der Waals surface area contributed by atoms with Crippen LogP contribution in [0.5, 0.6) is 0 Å². The number of amides is 1. The van der Waals surface area contributed by atoms with Crippen LogP contribution in [0, 0.1) is 6.92 Å². The third kappa shape index (κ3) is 3.83. The van der Waals surface area contributed by atoms with Crippen molar-refractivity contribution in [2.45, 2.75) is 16.7 Å². The van der Waals surface area contributed by atoms with Gasteiger partial charge in [-0.25, -0.2) is 21.6 Å². The highest BCUT2D eigenvalue weighted by molar-refractivity contribution is 7.90. The number of pyridine rings is 1. The highest BCUT2D eigenvalue weighted by Gasteiger charge is 2.23. The average molecular weight is 404 g/mol. The topological polar surface area (TPSA) is 110 Å². The molecule has 1 amide bonds. The Morgan fingerprint density at radius 3 is 2.48 bits per heavy atom. The summed E-state index contributed by atoms with van der Waals surface area (Å²) in [5, 5.41) is 1.04. The van der Waals surface area contributed by atoms with Crippen LogP contribution >= 0.6 is 0 Å². The van der Waals surface area contributed by atoms with E-state index in [1.807, 2.05) is 4.72 Å². The maximum Gasteiger partial charge on any atom is 0.265 e. The molecule has 3 aromatic rings. The van der Waals surface area contributed by atoms with E-state index in [9.17, 15) is 21.6 Å². The van der Waals surface area contributed by atoms with Gasteiger partial charge in [0, 0.05) is 35.0 Å². The lowest BCUT2D eigenvalue weighted by Gasteiger charge is -2.11. The molecule has 1 aromatic heterocycles. The summed E-state index contributed by atoms with van der Waals surface area (Å²) >= 11 is 0. The molecule has 0 aliphatic heterocycles. The number of hydrogen-bond acceptors (Lipinski definition) is 6. The number of carbonyl (C=O) groups excluding carboxylic acids is 1. The van der Waals surface area contributed by atoms with Crippen molar-refractivity contribution < 1.29 is 21.6 Å². The molecule has 0 aliphatic rings. The molecule has 1 heterocycles. The number of rotatable bonds is 4. The molecular weight excluding hydrogens is 388 g/mol. The lowest BCUT2D eigenvalue weighted by Crippen LogP contribution is -2.31. The van der Waals surface area contributed by atoms with Crippen molar-refractivity contribution in [1.82, 2.24) is 9.71 Å². The molecule has 0 aliphatic carbocycles. The van der Waals surface area contributed by atoms with Gasteiger partial charge in [0.25, 0.3) is 15.9 Å². The molecule has 0 bridgehead atoms. The van der Waals surface area contributed by atoms with Gasteiger partial charge in [-0.3, -0.25) is 9.78 Å². The average Bonchev–Trinajstić information content (AvgIpc) is 2.60. The maximum absolute atomic E-state index is 12.8. The van der Waals surface area contributed by atoms with Crippen LogP contribution in [0.1, 0.15) is 15.9 Å². The Balaban J connectivity index is 2.03. The van der Waals surface area contributed by atoms with Gasteiger partial charge in [-0.1, -0.05) is 18.2 Å². The Morgan fingerprint density at radius 2 is 1.78 bits per heavy atom. The number of carbonyl (C=O) groups is 1. The van der Waals surface area contributed by atoms with Crippen molar-refractivity contribution in [2.24, 2.45) is 0 Å². The van der Waals surface area contributed by atoms with E-state index in [0.717, 1.165) is 6.26 Å². The summed E-state index contributed by atoms with van der Waals surface area (Å²) in [6.07, 6.45) is 4.00. The fourth-order valence-corrected chi connectivity index (χ4v) is 4.48. The first-order chi connectivity index (χ1) is 12.6. The molecule has 3 rings (SSSR count). The number of fused-ring (bicyclic) bond motifs is 1. The second-order valence-electron chi connectivity index (χ2n) is 6.04. The highest BCUT2D eigenvalue weighted by atomic mass is 32.2. The fourth-order valence-electron chi connectivity index (χ4n) is 2.64. The van der Waals surface area contributed by atoms with Crippen molar-refractivity contribution >= 4 is 36.5 Å². The van der Waals surface area contributed by atoms with Crippen LogP contribution in [0.4, 0.5) is 0 Å². The number of aryl methyl sites for hydroxylation is 1. The summed E-state index contributed by atoms with van der Waals surface area (Å²) in [6.45, 7) is 1.59. The first kappa shape index (κ1) is 19.0. The van der Waals surface area contributed by atoms with Gasteiger partial charge in [-0.2, -0.15) is 0 Å². The molecule has 0 saturated heterocycles. The van der Waals surface area contributed by atoms with Gasteiger partial charge in [-0.05, 0) is 36.8 Å². The molecule has 0 radical (unpaired) electrons. The second-order valence-corrected chi connectivity index (χ2v) is 9.70. The van der Waals surface area contributed by atoms with Crippen LogP contribution in [0.25, 0.3) is 10.8 Å². The lowest BCUT2D eigenvalue weighted by atomic mass is 10.1. The molecular formula is C18H16N2O5S2. The molecule has 0 saturated carbocycles.